The van der Waals surface area contributed by atoms with Gasteiger partial charge < -0.3 is 24.2 Å². The molecule has 0 N–H and O–H groups in total. The number of sulfonamides is 1. The van der Waals surface area contributed by atoms with Crippen LogP contribution in [0.5, 0.6) is 11.5 Å². The Morgan fingerprint density at radius 1 is 0.818 bits per heavy atom. The van der Waals surface area contributed by atoms with Crippen molar-refractivity contribution in [3.05, 3.63) is 30.0 Å². The van der Waals surface area contributed by atoms with Crippen molar-refractivity contribution in [1.29, 1.82) is 0 Å². The molecule has 10 nitrogen and oxygen atoms in total. The second-order valence-electron chi connectivity index (χ2n) is 8.37. The Morgan fingerprint density at radius 2 is 1.45 bits per heavy atom. The number of aryl methyl sites for hydroxylation is 1. The van der Waals surface area contributed by atoms with E-state index in [0.29, 0.717) is 43.6 Å². The number of anilines is 2. The van der Waals surface area contributed by atoms with Crippen molar-refractivity contribution >= 4 is 21.8 Å². The summed E-state index contributed by atoms with van der Waals surface area (Å²) >= 11 is 0. The fraction of sp³-hybridized carbons (Fsp3) is 0.545. The lowest BCUT2D eigenvalue weighted by molar-refractivity contribution is 0.312. The van der Waals surface area contributed by atoms with Gasteiger partial charge in [-0.15, -0.1) is 0 Å². The van der Waals surface area contributed by atoms with Crippen molar-refractivity contribution in [1.82, 2.24) is 19.2 Å². The molecule has 0 aliphatic carbocycles. The highest BCUT2D eigenvalue weighted by molar-refractivity contribution is 7.89. The van der Waals surface area contributed by atoms with E-state index < -0.39 is 10.0 Å². The number of aromatic nitrogens is 2. The highest BCUT2D eigenvalue weighted by Gasteiger charge is 2.30. The van der Waals surface area contributed by atoms with E-state index in [9.17, 15) is 8.42 Å². The first-order chi connectivity index (χ1) is 15.8. The van der Waals surface area contributed by atoms with Gasteiger partial charge in [-0.3, -0.25) is 0 Å². The molecule has 4 rings (SSSR count). The molecule has 0 amide bonds. The number of hydrogen-bond donors (Lipinski definition) is 0. The highest BCUT2D eigenvalue weighted by atomic mass is 32.2. The van der Waals surface area contributed by atoms with Crippen LogP contribution in [-0.2, 0) is 10.0 Å². The van der Waals surface area contributed by atoms with E-state index in [-0.39, 0.29) is 4.90 Å². The molecule has 0 spiro atoms. The molecule has 2 aliphatic heterocycles. The van der Waals surface area contributed by atoms with Gasteiger partial charge in [0.2, 0.25) is 16.0 Å². The molecule has 0 bridgehead atoms. The Hall–Kier alpha value is -2.63. The van der Waals surface area contributed by atoms with Crippen LogP contribution in [0.15, 0.2) is 29.2 Å². The lowest BCUT2D eigenvalue weighted by Crippen LogP contribution is -2.49. The fourth-order valence-electron chi connectivity index (χ4n) is 4.13. The van der Waals surface area contributed by atoms with Crippen LogP contribution < -0.4 is 19.3 Å². The molecule has 0 unspecified atom stereocenters. The van der Waals surface area contributed by atoms with Crippen LogP contribution in [0.4, 0.5) is 11.8 Å². The van der Waals surface area contributed by atoms with Crippen molar-refractivity contribution < 1.29 is 17.9 Å². The van der Waals surface area contributed by atoms with Crippen molar-refractivity contribution in [2.24, 2.45) is 0 Å². The van der Waals surface area contributed by atoms with Crippen LogP contribution in [0.2, 0.25) is 0 Å². The van der Waals surface area contributed by atoms with Gasteiger partial charge in [-0.1, -0.05) is 0 Å². The minimum atomic E-state index is -3.65. The summed E-state index contributed by atoms with van der Waals surface area (Å²) in [4.78, 5) is 16.3. The number of rotatable bonds is 6. The van der Waals surface area contributed by atoms with Gasteiger partial charge in [-0.2, -0.15) is 9.29 Å². The summed E-state index contributed by atoms with van der Waals surface area (Å²) in [5, 5.41) is 0. The van der Waals surface area contributed by atoms with Crippen LogP contribution in [0.3, 0.4) is 0 Å². The van der Waals surface area contributed by atoms with E-state index in [2.05, 4.69) is 26.7 Å². The van der Waals surface area contributed by atoms with Crippen molar-refractivity contribution in [2.75, 3.05) is 83.4 Å². The van der Waals surface area contributed by atoms with E-state index in [1.807, 2.05) is 13.0 Å². The third-order valence-electron chi connectivity index (χ3n) is 6.17. The third-order valence-corrected chi connectivity index (χ3v) is 8.07. The molecule has 0 saturated carbocycles. The molecule has 2 saturated heterocycles. The second kappa shape index (κ2) is 9.70. The Balaban J connectivity index is 1.47. The lowest BCUT2D eigenvalue weighted by atomic mass is 10.3. The Bertz CT molecular complexity index is 1080. The van der Waals surface area contributed by atoms with Crippen molar-refractivity contribution in [2.45, 2.75) is 11.8 Å². The molecule has 2 aliphatic rings. The molecule has 180 valence electrons. The maximum Gasteiger partial charge on any atom is 0.243 e. The zero-order valence-corrected chi connectivity index (χ0v) is 20.5. The number of benzene rings is 1. The van der Waals surface area contributed by atoms with Crippen LogP contribution in [-0.4, -0.2) is 101 Å². The van der Waals surface area contributed by atoms with Gasteiger partial charge in [-0.05, 0) is 26.1 Å². The van der Waals surface area contributed by atoms with Gasteiger partial charge in [0, 0.05) is 70.2 Å². The van der Waals surface area contributed by atoms with Crippen LogP contribution >= 0.6 is 0 Å². The smallest absolute Gasteiger partial charge is 0.243 e. The Labute approximate surface area is 195 Å². The molecular weight excluding hydrogens is 444 g/mol. The van der Waals surface area contributed by atoms with E-state index in [1.54, 1.807) is 12.1 Å². The maximum atomic E-state index is 13.2. The molecule has 2 fully saturated rings. The molecule has 0 atom stereocenters. The molecule has 3 heterocycles. The first kappa shape index (κ1) is 23.5. The van der Waals surface area contributed by atoms with Crippen LogP contribution in [0.25, 0.3) is 0 Å². The number of nitrogens with zero attached hydrogens (tertiary/aromatic N) is 6. The summed E-state index contributed by atoms with van der Waals surface area (Å²) in [5.74, 6) is 2.48. The van der Waals surface area contributed by atoms with E-state index in [4.69, 9.17) is 14.5 Å². The predicted octanol–water partition coefficient (Wildman–Crippen LogP) is 1.06. The largest absolute Gasteiger partial charge is 0.493 e. The average Bonchev–Trinajstić information content (AvgIpc) is 2.83. The van der Waals surface area contributed by atoms with E-state index in [1.165, 1.54) is 24.6 Å². The van der Waals surface area contributed by atoms with Gasteiger partial charge in [0.05, 0.1) is 19.1 Å². The zero-order valence-electron chi connectivity index (χ0n) is 19.7. The molecule has 1 aromatic heterocycles. The average molecular weight is 477 g/mol. The topological polar surface area (TPSA) is 91.3 Å². The standard InChI is InChI=1S/C22H32N6O4S/c1-17-15-21(26-9-7-25(2)8-10-26)24-22(23-17)27-11-13-28(14-12-27)33(29,30)18-5-6-19(31-3)20(16-18)32-4/h5-6,15-16H,7-14H2,1-4H3. The summed E-state index contributed by atoms with van der Waals surface area (Å²) in [6.07, 6.45) is 0. The third kappa shape index (κ3) is 4.99. The van der Waals surface area contributed by atoms with Gasteiger partial charge in [0.25, 0.3) is 0 Å². The quantitative estimate of drug-likeness (QED) is 0.607. The molecule has 1 aromatic carbocycles. The summed E-state index contributed by atoms with van der Waals surface area (Å²) in [7, 11) is 1.49. The number of likely N-dealkylation sites (N-methyl/N-ethyl adjacent to an activating group) is 1. The van der Waals surface area contributed by atoms with Gasteiger partial charge >= 0.3 is 0 Å². The molecule has 0 radical (unpaired) electrons. The monoisotopic (exact) mass is 476 g/mol. The second-order valence-corrected chi connectivity index (χ2v) is 10.3. The number of piperazine rings is 2. The molecule has 11 heteroatoms. The van der Waals surface area contributed by atoms with E-state index >= 15 is 0 Å². The molecule has 2 aromatic rings. The molecular formula is C22H32N6O4S. The highest BCUT2D eigenvalue weighted by Crippen LogP contribution is 2.31. The lowest BCUT2D eigenvalue weighted by Gasteiger charge is -2.36. The minimum Gasteiger partial charge on any atom is -0.493 e. The van der Waals surface area contributed by atoms with E-state index in [0.717, 1.165) is 37.7 Å². The van der Waals surface area contributed by atoms with Crippen LogP contribution in [0.1, 0.15) is 5.69 Å². The first-order valence-electron chi connectivity index (χ1n) is 11.1. The zero-order chi connectivity index (χ0) is 23.6. The summed E-state index contributed by atoms with van der Waals surface area (Å²) in [6, 6.07) is 6.69. The Morgan fingerprint density at radius 3 is 2.09 bits per heavy atom. The van der Waals surface area contributed by atoms with Crippen molar-refractivity contribution in [3.63, 3.8) is 0 Å². The molecule has 33 heavy (non-hydrogen) atoms. The van der Waals surface area contributed by atoms with Gasteiger partial charge in [-0.25, -0.2) is 13.4 Å². The van der Waals surface area contributed by atoms with Crippen LogP contribution in [0, 0.1) is 6.92 Å². The summed E-state index contributed by atoms with van der Waals surface area (Å²) in [6.45, 7) is 7.62. The number of methoxy groups -OCH3 is 2. The summed E-state index contributed by atoms with van der Waals surface area (Å²) in [5.41, 5.74) is 0.911. The minimum absolute atomic E-state index is 0.192. The Kier molecular flexibility index (Phi) is 6.91. The fourth-order valence-corrected chi connectivity index (χ4v) is 5.57. The first-order valence-corrected chi connectivity index (χ1v) is 12.5. The predicted molar refractivity (Wildman–Crippen MR) is 127 cm³/mol. The summed E-state index contributed by atoms with van der Waals surface area (Å²) < 4.78 is 38.4. The number of ether oxygens (including phenoxy) is 2. The number of hydrogen-bond acceptors (Lipinski definition) is 9. The van der Waals surface area contributed by atoms with Gasteiger partial charge in [0.1, 0.15) is 5.82 Å². The van der Waals surface area contributed by atoms with Gasteiger partial charge in [0.15, 0.2) is 11.5 Å². The normalized spacial score (nSPS) is 18.4. The van der Waals surface area contributed by atoms with Crippen molar-refractivity contribution in [3.8, 4) is 11.5 Å². The SMILES string of the molecule is COc1ccc(S(=O)(=O)N2CCN(c3nc(C)cc(N4CCN(C)CC4)n3)CC2)cc1OC. The maximum absolute atomic E-state index is 13.2.